The fourth-order valence-corrected chi connectivity index (χ4v) is 4.59. The third-order valence-corrected chi connectivity index (χ3v) is 7.39. The maximum Gasteiger partial charge on any atom is 0.240 e. The molecule has 0 amide bonds. The van der Waals surface area contributed by atoms with E-state index in [1.165, 1.54) is 31.3 Å². The number of hydrogen-bond acceptors (Lipinski definition) is 5. The monoisotopic (exact) mass is 375 g/mol. The summed E-state index contributed by atoms with van der Waals surface area (Å²) in [5.41, 5.74) is 0.0193. The molecular weight excluding hydrogens is 350 g/mol. The Morgan fingerprint density at radius 1 is 1.08 bits per heavy atom. The molecule has 1 saturated heterocycles. The van der Waals surface area contributed by atoms with E-state index in [4.69, 9.17) is 0 Å². The lowest BCUT2D eigenvalue weighted by molar-refractivity contribution is 0.181. The van der Waals surface area contributed by atoms with Gasteiger partial charge in [-0.15, -0.1) is 0 Å². The maximum atomic E-state index is 12.4. The van der Waals surface area contributed by atoms with Crippen molar-refractivity contribution < 1.29 is 16.8 Å². The van der Waals surface area contributed by atoms with Gasteiger partial charge in [0, 0.05) is 12.6 Å². The minimum atomic E-state index is -3.68. The first-order valence-corrected chi connectivity index (χ1v) is 10.8. The quantitative estimate of drug-likeness (QED) is 0.677. The van der Waals surface area contributed by atoms with Crippen molar-refractivity contribution in [1.29, 1.82) is 0 Å². The zero-order valence-electron chi connectivity index (χ0n) is 14.2. The minimum Gasteiger partial charge on any atom is -0.312 e. The van der Waals surface area contributed by atoms with Crippen LogP contribution >= 0.6 is 0 Å². The summed E-state index contributed by atoms with van der Waals surface area (Å²) in [6, 6.07) is 5.22. The molecule has 1 unspecified atom stereocenters. The zero-order chi connectivity index (χ0) is 18.0. The summed E-state index contributed by atoms with van der Waals surface area (Å²) < 4.78 is 53.0. The molecule has 1 aliphatic rings. The van der Waals surface area contributed by atoms with E-state index in [1.54, 1.807) is 0 Å². The summed E-state index contributed by atoms with van der Waals surface area (Å²) in [5, 5.41) is 3.36. The van der Waals surface area contributed by atoms with Crippen LogP contribution in [-0.2, 0) is 20.0 Å². The number of piperidine rings is 1. The zero-order valence-corrected chi connectivity index (χ0v) is 15.8. The van der Waals surface area contributed by atoms with E-state index in [9.17, 15) is 16.8 Å². The summed E-state index contributed by atoms with van der Waals surface area (Å²) in [6.45, 7) is 5.42. The van der Waals surface area contributed by atoms with Gasteiger partial charge in [-0.05, 0) is 56.1 Å². The summed E-state index contributed by atoms with van der Waals surface area (Å²) in [4.78, 5) is 0.0743. The Bertz CT molecular complexity index is 771. The van der Waals surface area contributed by atoms with Gasteiger partial charge < -0.3 is 5.32 Å². The fourth-order valence-electron chi connectivity index (χ4n) is 2.81. The number of benzene rings is 1. The third-order valence-electron chi connectivity index (χ3n) is 4.52. The lowest BCUT2D eigenvalue weighted by Gasteiger charge is -2.39. The molecule has 1 fully saturated rings. The first-order chi connectivity index (χ1) is 11.1. The van der Waals surface area contributed by atoms with Gasteiger partial charge in [0.1, 0.15) is 0 Å². The van der Waals surface area contributed by atoms with Gasteiger partial charge in [0.15, 0.2) is 0 Å². The predicted molar refractivity (Wildman–Crippen MR) is 92.7 cm³/mol. The average molecular weight is 376 g/mol. The lowest BCUT2D eigenvalue weighted by atomic mass is 9.78. The second kappa shape index (κ2) is 7.09. The molecule has 24 heavy (non-hydrogen) atoms. The van der Waals surface area contributed by atoms with Crippen molar-refractivity contribution in [2.75, 3.05) is 20.1 Å². The minimum absolute atomic E-state index is 0.0193. The van der Waals surface area contributed by atoms with Gasteiger partial charge in [-0.3, -0.25) is 0 Å². The Balaban J connectivity index is 2.10. The largest absolute Gasteiger partial charge is 0.312 e. The van der Waals surface area contributed by atoms with Gasteiger partial charge in [0.2, 0.25) is 20.0 Å². The van der Waals surface area contributed by atoms with Gasteiger partial charge in [0.05, 0.1) is 9.79 Å². The second-order valence-corrected chi connectivity index (χ2v) is 10.3. The fraction of sp³-hybridized carbons (Fsp3) is 0.600. The van der Waals surface area contributed by atoms with Crippen LogP contribution in [0, 0.1) is 5.41 Å². The van der Waals surface area contributed by atoms with Crippen LogP contribution < -0.4 is 14.8 Å². The molecule has 0 spiro atoms. The van der Waals surface area contributed by atoms with Gasteiger partial charge in [0.25, 0.3) is 0 Å². The van der Waals surface area contributed by atoms with E-state index in [2.05, 4.69) is 28.6 Å². The normalized spacial score (nSPS) is 21.5. The average Bonchev–Trinajstić information content (AvgIpc) is 2.53. The van der Waals surface area contributed by atoms with Crippen LogP contribution in [0.3, 0.4) is 0 Å². The molecule has 9 heteroatoms. The van der Waals surface area contributed by atoms with Crippen LogP contribution in [0.2, 0.25) is 0 Å². The van der Waals surface area contributed by atoms with Crippen molar-refractivity contribution >= 4 is 20.0 Å². The highest BCUT2D eigenvalue weighted by molar-refractivity contribution is 7.90. The number of rotatable bonds is 6. The lowest BCUT2D eigenvalue weighted by Crippen LogP contribution is -2.52. The van der Waals surface area contributed by atoms with E-state index in [-0.39, 0.29) is 21.2 Å². The standard InChI is InChI=1S/C15H25N3O4S2/c1-15(2)9-4-10-17-14(15)11-18-24(21,22)13-7-5-12(6-8-13)23(19,20)16-3/h5-8,14,16-18H,4,9-11H2,1-3H3. The van der Waals surface area contributed by atoms with E-state index in [1.807, 2.05) is 0 Å². The molecule has 0 aliphatic carbocycles. The van der Waals surface area contributed by atoms with Crippen LogP contribution in [0.1, 0.15) is 26.7 Å². The highest BCUT2D eigenvalue weighted by Gasteiger charge is 2.32. The first kappa shape index (κ1) is 19.3. The van der Waals surface area contributed by atoms with E-state index in [0.717, 1.165) is 19.4 Å². The summed E-state index contributed by atoms with van der Waals surface area (Å²) >= 11 is 0. The van der Waals surface area contributed by atoms with Gasteiger partial charge in [-0.2, -0.15) is 0 Å². The Hall–Kier alpha value is -1.00. The smallest absolute Gasteiger partial charge is 0.240 e. The van der Waals surface area contributed by atoms with Gasteiger partial charge in [-0.25, -0.2) is 26.3 Å². The SMILES string of the molecule is CNS(=O)(=O)c1ccc(S(=O)(=O)NCC2NCCCC2(C)C)cc1. The molecule has 0 bridgehead atoms. The van der Waals surface area contributed by atoms with E-state index in [0.29, 0.717) is 6.54 Å². The topological polar surface area (TPSA) is 104 Å². The van der Waals surface area contributed by atoms with Crippen molar-refractivity contribution in [1.82, 2.24) is 14.8 Å². The van der Waals surface area contributed by atoms with Crippen molar-refractivity contribution in [2.24, 2.45) is 5.41 Å². The molecule has 0 radical (unpaired) electrons. The maximum absolute atomic E-state index is 12.4. The molecule has 1 aliphatic heterocycles. The second-order valence-electron chi connectivity index (χ2n) is 6.63. The molecule has 1 atom stereocenters. The molecule has 1 aromatic rings. The van der Waals surface area contributed by atoms with Crippen molar-refractivity contribution in [3.05, 3.63) is 24.3 Å². The van der Waals surface area contributed by atoms with Crippen LogP contribution in [-0.4, -0.2) is 43.0 Å². The summed E-state index contributed by atoms with van der Waals surface area (Å²) in [7, 11) is -5.96. The molecule has 2 rings (SSSR count). The molecule has 3 N–H and O–H groups in total. The summed E-state index contributed by atoms with van der Waals surface area (Å²) in [6.07, 6.45) is 2.13. The number of hydrogen-bond donors (Lipinski definition) is 3. The number of sulfonamides is 2. The molecule has 0 aromatic heterocycles. The molecular formula is C15H25N3O4S2. The molecule has 1 heterocycles. The number of nitrogens with one attached hydrogen (secondary N) is 3. The highest BCUT2D eigenvalue weighted by atomic mass is 32.2. The van der Waals surface area contributed by atoms with Crippen LogP contribution in [0.25, 0.3) is 0 Å². The molecule has 136 valence electrons. The Labute approximate surface area is 144 Å². The first-order valence-electron chi connectivity index (χ1n) is 7.85. The Morgan fingerprint density at radius 2 is 1.62 bits per heavy atom. The Kier molecular flexibility index (Phi) is 5.71. The van der Waals surface area contributed by atoms with Gasteiger partial charge in [-0.1, -0.05) is 13.8 Å². The van der Waals surface area contributed by atoms with Crippen molar-refractivity contribution in [3.8, 4) is 0 Å². The Morgan fingerprint density at radius 3 is 2.12 bits per heavy atom. The van der Waals surface area contributed by atoms with Crippen molar-refractivity contribution in [3.63, 3.8) is 0 Å². The highest BCUT2D eigenvalue weighted by Crippen LogP contribution is 2.29. The van der Waals surface area contributed by atoms with Crippen LogP contribution in [0.15, 0.2) is 34.1 Å². The van der Waals surface area contributed by atoms with Gasteiger partial charge >= 0.3 is 0 Å². The molecule has 7 nitrogen and oxygen atoms in total. The third kappa shape index (κ3) is 4.34. The van der Waals surface area contributed by atoms with Crippen LogP contribution in [0.4, 0.5) is 0 Å². The summed E-state index contributed by atoms with van der Waals surface area (Å²) in [5.74, 6) is 0. The van der Waals surface area contributed by atoms with Crippen LogP contribution in [0.5, 0.6) is 0 Å². The molecule has 0 saturated carbocycles. The van der Waals surface area contributed by atoms with E-state index >= 15 is 0 Å². The van der Waals surface area contributed by atoms with E-state index < -0.39 is 20.0 Å². The predicted octanol–water partition coefficient (Wildman–Crippen LogP) is 0.651. The van der Waals surface area contributed by atoms with Crippen molar-refractivity contribution in [2.45, 2.75) is 42.5 Å². The molecule has 1 aromatic carbocycles.